The maximum atomic E-state index is 12.4. The molecular weight excluding hydrogens is 266 g/mol. The van der Waals surface area contributed by atoms with Crippen LogP contribution in [0.4, 0.5) is 0 Å². The molecule has 0 bridgehead atoms. The third-order valence-electron chi connectivity index (χ3n) is 4.07. The molecule has 1 aromatic carbocycles. The van der Waals surface area contributed by atoms with Crippen LogP contribution in [-0.2, 0) is 9.59 Å². The molecule has 2 rings (SSSR count). The van der Waals surface area contributed by atoms with Gasteiger partial charge in [-0.1, -0.05) is 43.2 Å². The lowest BCUT2D eigenvalue weighted by molar-refractivity contribution is -0.138. The lowest BCUT2D eigenvalue weighted by Crippen LogP contribution is -2.33. The normalized spacial score (nSPS) is 17.0. The van der Waals surface area contributed by atoms with E-state index in [1.54, 1.807) is 0 Å². The van der Waals surface area contributed by atoms with Crippen LogP contribution in [0.3, 0.4) is 0 Å². The first-order valence-corrected chi connectivity index (χ1v) is 7.71. The molecule has 4 nitrogen and oxygen atoms in total. The molecule has 0 aromatic heterocycles. The maximum absolute atomic E-state index is 12.4. The molecule has 1 heterocycles. The highest BCUT2D eigenvalue weighted by atomic mass is 16.4. The van der Waals surface area contributed by atoms with E-state index in [9.17, 15) is 9.59 Å². The quantitative estimate of drug-likeness (QED) is 0.906. The number of carbonyl (C=O) groups excluding carboxylic acids is 1. The van der Waals surface area contributed by atoms with Crippen molar-refractivity contribution in [1.29, 1.82) is 0 Å². The van der Waals surface area contributed by atoms with Crippen molar-refractivity contribution in [3.8, 4) is 0 Å². The Labute approximate surface area is 125 Å². The third-order valence-corrected chi connectivity index (χ3v) is 4.07. The van der Waals surface area contributed by atoms with Gasteiger partial charge in [0.05, 0.1) is 6.42 Å². The summed E-state index contributed by atoms with van der Waals surface area (Å²) >= 11 is 0. The highest BCUT2D eigenvalue weighted by molar-refractivity contribution is 5.78. The molecule has 1 aliphatic rings. The van der Waals surface area contributed by atoms with Gasteiger partial charge in [0.15, 0.2) is 0 Å². The molecule has 1 N–H and O–H groups in total. The summed E-state index contributed by atoms with van der Waals surface area (Å²) in [4.78, 5) is 25.4. The molecular formula is C17H23NO3. The first-order valence-electron chi connectivity index (χ1n) is 7.71. The van der Waals surface area contributed by atoms with Crippen LogP contribution < -0.4 is 0 Å². The van der Waals surface area contributed by atoms with Gasteiger partial charge in [-0.15, -0.1) is 0 Å². The zero-order chi connectivity index (χ0) is 15.1. The summed E-state index contributed by atoms with van der Waals surface area (Å²) in [5, 5.41) is 9.09. The van der Waals surface area contributed by atoms with Gasteiger partial charge in [-0.2, -0.15) is 0 Å². The highest BCUT2D eigenvalue weighted by Crippen LogP contribution is 2.25. The van der Waals surface area contributed by atoms with Gasteiger partial charge < -0.3 is 10.0 Å². The predicted molar refractivity (Wildman–Crippen MR) is 81.1 cm³/mol. The van der Waals surface area contributed by atoms with E-state index in [1.165, 1.54) is 12.8 Å². The third kappa shape index (κ3) is 4.88. The Kier molecular flexibility index (Phi) is 5.78. The molecule has 21 heavy (non-hydrogen) atoms. The predicted octanol–water partition coefficient (Wildman–Crippen LogP) is 3.04. The molecule has 0 unspecified atom stereocenters. The van der Waals surface area contributed by atoms with E-state index >= 15 is 0 Å². The van der Waals surface area contributed by atoms with Gasteiger partial charge in [0, 0.05) is 25.4 Å². The number of carbonyl (C=O) groups is 2. The van der Waals surface area contributed by atoms with E-state index in [-0.39, 0.29) is 24.7 Å². The van der Waals surface area contributed by atoms with Crippen LogP contribution in [0.25, 0.3) is 0 Å². The lowest BCUT2D eigenvalue weighted by atomic mass is 9.92. The van der Waals surface area contributed by atoms with Crippen LogP contribution >= 0.6 is 0 Å². The SMILES string of the molecule is O=C(O)C[C@@H](CC(=O)N1CCCCCC1)c1ccccc1. The number of likely N-dealkylation sites (tertiary alicyclic amines) is 1. The molecule has 1 saturated heterocycles. The van der Waals surface area contributed by atoms with Crippen molar-refractivity contribution >= 4 is 11.9 Å². The van der Waals surface area contributed by atoms with E-state index in [0.29, 0.717) is 0 Å². The van der Waals surface area contributed by atoms with Gasteiger partial charge >= 0.3 is 5.97 Å². The van der Waals surface area contributed by atoms with Gasteiger partial charge in [0.2, 0.25) is 5.91 Å². The Bertz CT molecular complexity index is 464. The topological polar surface area (TPSA) is 57.6 Å². The Morgan fingerprint density at radius 1 is 1.00 bits per heavy atom. The number of carboxylic acid groups (broad SMARTS) is 1. The maximum Gasteiger partial charge on any atom is 0.303 e. The highest BCUT2D eigenvalue weighted by Gasteiger charge is 2.23. The van der Waals surface area contributed by atoms with E-state index in [1.807, 2.05) is 35.2 Å². The van der Waals surface area contributed by atoms with Crippen molar-refractivity contribution in [3.63, 3.8) is 0 Å². The summed E-state index contributed by atoms with van der Waals surface area (Å²) < 4.78 is 0. The summed E-state index contributed by atoms with van der Waals surface area (Å²) in [5.41, 5.74) is 0.933. The summed E-state index contributed by atoms with van der Waals surface area (Å²) in [6.45, 7) is 1.63. The fourth-order valence-corrected chi connectivity index (χ4v) is 2.90. The smallest absolute Gasteiger partial charge is 0.303 e. The monoisotopic (exact) mass is 289 g/mol. The van der Waals surface area contributed by atoms with Crippen molar-refractivity contribution < 1.29 is 14.7 Å². The molecule has 0 spiro atoms. The molecule has 0 saturated carbocycles. The average molecular weight is 289 g/mol. The molecule has 1 atom stereocenters. The Morgan fingerprint density at radius 2 is 1.62 bits per heavy atom. The minimum Gasteiger partial charge on any atom is -0.481 e. The Hall–Kier alpha value is -1.84. The van der Waals surface area contributed by atoms with Crippen LogP contribution in [0.2, 0.25) is 0 Å². The second kappa shape index (κ2) is 7.81. The summed E-state index contributed by atoms with van der Waals surface area (Å²) in [7, 11) is 0. The van der Waals surface area contributed by atoms with Crippen LogP contribution in [0.5, 0.6) is 0 Å². The second-order valence-electron chi connectivity index (χ2n) is 5.70. The summed E-state index contributed by atoms with van der Waals surface area (Å²) in [6.07, 6.45) is 4.77. The van der Waals surface area contributed by atoms with Crippen molar-refractivity contribution in [3.05, 3.63) is 35.9 Å². The van der Waals surface area contributed by atoms with Crippen molar-refractivity contribution in [2.75, 3.05) is 13.1 Å². The zero-order valence-electron chi connectivity index (χ0n) is 12.3. The lowest BCUT2D eigenvalue weighted by Gasteiger charge is -2.23. The number of benzene rings is 1. The molecule has 114 valence electrons. The fraction of sp³-hybridized carbons (Fsp3) is 0.529. The second-order valence-corrected chi connectivity index (χ2v) is 5.70. The largest absolute Gasteiger partial charge is 0.481 e. The average Bonchev–Trinajstić information content (AvgIpc) is 2.76. The number of rotatable bonds is 5. The van der Waals surface area contributed by atoms with E-state index in [0.717, 1.165) is 31.5 Å². The molecule has 1 fully saturated rings. The number of carboxylic acids is 1. The van der Waals surface area contributed by atoms with Crippen molar-refractivity contribution in [1.82, 2.24) is 4.90 Å². The standard InChI is InChI=1S/C17H23NO3/c19-16(18-10-6-1-2-7-11-18)12-15(13-17(20)21)14-8-4-3-5-9-14/h3-5,8-9,15H,1-2,6-7,10-13H2,(H,20,21)/t15-/m1/s1. The first kappa shape index (κ1) is 15.5. The van der Waals surface area contributed by atoms with Gasteiger partial charge in [0.1, 0.15) is 0 Å². The van der Waals surface area contributed by atoms with Crippen molar-refractivity contribution in [2.45, 2.75) is 44.4 Å². The molecule has 1 amide bonds. The Balaban J connectivity index is 2.03. The number of nitrogens with zero attached hydrogens (tertiary/aromatic N) is 1. The summed E-state index contributed by atoms with van der Waals surface area (Å²) in [5.74, 6) is -1.00. The Morgan fingerprint density at radius 3 is 2.19 bits per heavy atom. The van der Waals surface area contributed by atoms with E-state index in [2.05, 4.69) is 0 Å². The van der Waals surface area contributed by atoms with Crippen LogP contribution in [0.1, 0.15) is 50.0 Å². The van der Waals surface area contributed by atoms with Crippen molar-refractivity contribution in [2.24, 2.45) is 0 Å². The fourth-order valence-electron chi connectivity index (χ4n) is 2.90. The van der Waals surface area contributed by atoms with Gasteiger partial charge in [-0.3, -0.25) is 9.59 Å². The molecule has 0 aliphatic carbocycles. The summed E-state index contributed by atoms with van der Waals surface area (Å²) in [6, 6.07) is 9.49. The minimum absolute atomic E-state index is 0.00356. The molecule has 1 aliphatic heterocycles. The van der Waals surface area contributed by atoms with Gasteiger partial charge in [0.25, 0.3) is 0 Å². The van der Waals surface area contributed by atoms with Crippen LogP contribution in [0.15, 0.2) is 30.3 Å². The first-order chi connectivity index (χ1) is 10.2. The van der Waals surface area contributed by atoms with E-state index in [4.69, 9.17) is 5.11 Å². The number of aliphatic carboxylic acids is 1. The van der Waals surface area contributed by atoms with Crippen LogP contribution in [0, 0.1) is 0 Å². The zero-order valence-corrected chi connectivity index (χ0v) is 12.3. The molecule has 0 radical (unpaired) electrons. The number of amides is 1. The van der Waals surface area contributed by atoms with Gasteiger partial charge in [-0.25, -0.2) is 0 Å². The minimum atomic E-state index is -0.854. The molecule has 4 heteroatoms. The van der Waals surface area contributed by atoms with E-state index < -0.39 is 5.97 Å². The number of hydrogen-bond acceptors (Lipinski definition) is 2. The van der Waals surface area contributed by atoms with Gasteiger partial charge in [-0.05, 0) is 18.4 Å². The molecule has 1 aromatic rings. The number of hydrogen-bond donors (Lipinski definition) is 1. The van der Waals surface area contributed by atoms with Crippen LogP contribution in [-0.4, -0.2) is 35.0 Å².